The third kappa shape index (κ3) is 17.3. The maximum atomic E-state index is 12.9. The number of H-pyrrole nitrogens is 3. The fraction of sp³-hybridized carbons (Fsp3) is 0.0597. The maximum Gasteiger partial charge on any atom is 0.435 e. The number of aromatic amines is 3. The summed E-state index contributed by atoms with van der Waals surface area (Å²) in [7, 11) is 2.92. The van der Waals surface area contributed by atoms with Gasteiger partial charge in [0.25, 0.3) is 0 Å². The molecular formula is C67H44Br4Cl4F6N14. The van der Waals surface area contributed by atoms with Crippen molar-refractivity contribution in [2.75, 3.05) is 11.5 Å². The lowest BCUT2D eigenvalue weighted by atomic mass is 10.1. The fourth-order valence-electron chi connectivity index (χ4n) is 9.11. The number of anilines is 2. The Morgan fingerprint density at radius 2 is 0.779 bits per heavy atom. The van der Waals surface area contributed by atoms with Gasteiger partial charge < -0.3 is 26.4 Å². The highest BCUT2D eigenvalue weighted by molar-refractivity contribution is 9.11. The molecular weight excluding hydrogens is 1580 g/mol. The summed E-state index contributed by atoms with van der Waals surface area (Å²) in [6.07, 6.45) is -8.99. The Morgan fingerprint density at radius 1 is 0.411 bits per heavy atom. The molecule has 14 aromatic rings. The van der Waals surface area contributed by atoms with E-state index in [2.05, 4.69) is 126 Å². The molecule has 28 heteroatoms. The van der Waals surface area contributed by atoms with Gasteiger partial charge in [0.15, 0.2) is 11.4 Å². The molecule has 10 heterocycles. The molecule has 0 spiro atoms. The molecule has 0 aliphatic heterocycles. The second-order valence-corrected chi connectivity index (χ2v) is 25.0. The molecule has 0 fully saturated rings. The first-order chi connectivity index (χ1) is 45.3. The molecule has 14 rings (SSSR count). The number of nitrogens with zero attached hydrogens (tertiary/aromatic N) is 9. The summed E-state index contributed by atoms with van der Waals surface area (Å²) >= 11 is 37.6. The van der Waals surface area contributed by atoms with Crippen molar-refractivity contribution in [2.24, 2.45) is 14.1 Å². The van der Waals surface area contributed by atoms with Gasteiger partial charge >= 0.3 is 12.4 Å². The summed E-state index contributed by atoms with van der Waals surface area (Å²) in [4.78, 5) is 31.3. The van der Waals surface area contributed by atoms with Crippen LogP contribution in [-0.4, -0.2) is 59.4 Å². The smallest absolute Gasteiger partial charge is 0.397 e. The topological polar surface area (TPSA) is 200 Å². The number of hydrogen-bond acceptors (Lipinski definition) is 9. The van der Waals surface area contributed by atoms with Crippen LogP contribution >= 0.6 is 110 Å². The normalized spacial score (nSPS) is 11.2. The van der Waals surface area contributed by atoms with Crippen molar-refractivity contribution >= 4 is 155 Å². The highest BCUT2D eigenvalue weighted by Crippen LogP contribution is 2.37. The Hall–Kier alpha value is -8.51. The van der Waals surface area contributed by atoms with Gasteiger partial charge in [-0.1, -0.05) is 119 Å². The minimum Gasteiger partial charge on any atom is -0.397 e. The number of aryl methyl sites for hydroxylation is 2. The summed E-state index contributed by atoms with van der Waals surface area (Å²) < 4.78 is 82.5. The van der Waals surface area contributed by atoms with Crippen LogP contribution in [0.3, 0.4) is 0 Å². The van der Waals surface area contributed by atoms with E-state index in [0.717, 1.165) is 87.8 Å². The zero-order valence-electron chi connectivity index (χ0n) is 48.9. The Bertz CT molecular complexity index is 4990. The molecule has 10 aromatic heterocycles. The molecule has 0 saturated heterocycles. The van der Waals surface area contributed by atoms with E-state index >= 15 is 0 Å². The third-order valence-electron chi connectivity index (χ3n) is 13.7. The zero-order chi connectivity index (χ0) is 67.9. The van der Waals surface area contributed by atoms with Gasteiger partial charge in [-0.25, -0.2) is 24.9 Å². The number of aromatic nitrogens is 12. The summed E-state index contributed by atoms with van der Waals surface area (Å²) in [5, 5.41) is 9.61. The fourth-order valence-corrected chi connectivity index (χ4v) is 11.5. The molecule has 0 bridgehead atoms. The minimum atomic E-state index is -4.49. The number of hydrogen-bond donors (Lipinski definition) is 5. The molecule has 0 saturated carbocycles. The van der Waals surface area contributed by atoms with Crippen LogP contribution in [0.1, 0.15) is 22.6 Å². The van der Waals surface area contributed by atoms with E-state index in [1.807, 2.05) is 109 Å². The van der Waals surface area contributed by atoms with Crippen LogP contribution in [0.15, 0.2) is 206 Å². The van der Waals surface area contributed by atoms with E-state index in [0.29, 0.717) is 75.2 Å². The summed E-state index contributed by atoms with van der Waals surface area (Å²) in [6, 6.07) is 55.4. The molecule has 14 nitrogen and oxygen atoms in total. The molecule has 95 heavy (non-hydrogen) atoms. The minimum absolute atomic E-state index is 0.291. The standard InChI is InChI=1S/2C18H12ClF3N4.2C13H8BrClN2.C5H4Br2N2/c2*1-26-16(9-17(25-26)18(20,21)22)13-7-6-12-15(24-13)8-14(23-12)10-4-2-3-5-11(10)19;14-13-6-5-10-12(17-13)7-11(16-10)8-3-1-2-4-9(8)15;14-13-8-6-11(16)12(17-13)7-5-9-3-1-2-4-10(9)15;6-4-2-1-3(8)5(7)9-4/h2*2-9,23H,1H3;1-7,16H;1-4,6,8H,16H2;1-2H,8H2. The number of fused-ring (bicyclic) bond motifs is 3. The monoisotopic (exact) mass is 1610 g/mol. The van der Waals surface area contributed by atoms with Crippen LogP contribution < -0.4 is 11.5 Å². The number of nitrogens with one attached hydrogen (secondary N) is 3. The van der Waals surface area contributed by atoms with Crippen molar-refractivity contribution in [3.63, 3.8) is 0 Å². The maximum absolute atomic E-state index is 12.9. The third-order valence-corrected chi connectivity index (χ3v) is 17.0. The van der Waals surface area contributed by atoms with Crippen LogP contribution in [0.5, 0.6) is 0 Å². The number of benzene rings is 4. The number of rotatable bonds is 5. The first kappa shape index (κ1) is 69.3. The lowest BCUT2D eigenvalue weighted by molar-refractivity contribution is -0.142. The number of nitrogen functional groups attached to an aromatic ring is 2. The Balaban J connectivity index is 0.000000134. The van der Waals surface area contributed by atoms with Crippen molar-refractivity contribution in [1.29, 1.82) is 0 Å². The highest BCUT2D eigenvalue weighted by Gasteiger charge is 2.36. The van der Waals surface area contributed by atoms with Crippen LogP contribution in [0.25, 0.3) is 89.6 Å². The number of nitrogens with two attached hydrogens (primary N) is 2. The second-order valence-electron chi connectivity index (χ2n) is 20.2. The van der Waals surface area contributed by atoms with E-state index in [1.54, 1.807) is 66.7 Å². The zero-order valence-corrected chi connectivity index (χ0v) is 58.2. The van der Waals surface area contributed by atoms with Gasteiger partial charge in [-0.05, 0) is 191 Å². The highest BCUT2D eigenvalue weighted by atomic mass is 79.9. The van der Waals surface area contributed by atoms with E-state index in [9.17, 15) is 26.3 Å². The van der Waals surface area contributed by atoms with Crippen LogP contribution in [0.2, 0.25) is 20.1 Å². The summed E-state index contributed by atoms with van der Waals surface area (Å²) in [5.74, 6) is 5.86. The average molecular weight is 1620 g/mol. The Kier molecular flexibility index (Phi) is 21.9. The molecule has 0 aliphatic rings. The first-order valence-electron chi connectivity index (χ1n) is 27.6. The van der Waals surface area contributed by atoms with Gasteiger partial charge in [0.2, 0.25) is 0 Å². The second kappa shape index (κ2) is 30.1. The number of halogens is 14. The Labute approximate surface area is 591 Å². The van der Waals surface area contributed by atoms with Gasteiger partial charge in [-0.2, -0.15) is 36.5 Å². The molecule has 0 unspecified atom stereocenters. The van der Waals surface area contributed by atoms with Crippen molar-refractivity contribution < 1.29 is 26.3 Å². The number of alkyl halides is 6. The van der Waals surface area contributed by atoms with E-state index in [-0.39, 0.29) is 0 Å². The molecule has 0 radical (unpaired) electrons. The summed E-state index contributed by atoms with van der Waals surface area (Å²) in [5.41, 5.74) is 23.2. The first-order valence-corrected chi connectivity index (χ1v) is 32.3. The van der Waals surface area contributed by atoms with Gasteiger partial charge in [0.05, 0.1) is 72.3 Å². The van der Waals surface area contributed by atoms with Crippen molar-refractivity contribution in [1.82, 2.24) is 59.4 Å². The van der Waals surface area contributed by atoms with Gasteiger partial charge in [-0.15, -0.1) is 0 Å². The quantitative estimate of drug-likeness (QED) is 0.0632. The Morgan fingerprint density at radius 3 is 1.18 bits per heavy atom. The van der Waals surface area contributed by atoms with Crippen LogP contribution in [-0.2, 0) is 26.4 Å². The lowest BCUT2D eigenvalue weighted by Crippen LogP contribution is -2.06. The largest absolute Gasteiger partial charge is 0.435 e. The number of pyridine rings is 5. The summed E-state index contributed by atoms with van der Waals surface area (Å²) in [6.45, 7) is 0. The van der Waals surface area contributed by atoms with Crippen molar-refractivity contribution in [2.45, 2.75) is 12.4 Å². The molecule has 480 valence electrons. The predicted octanol–water partition coefficient (Wildman–Crippen LogP) is 20.9. The molecule has 0 atom stereocenters. The van der Waals surface area contributed by atoms with Crippen molar-refractivity contribution in [3.8, 4) is 68.4 Å². The van der Waals surface area contributed by atoms with Gasteiger partial charge in [0, 0.05) is 68.5 Å². The predicted molar refractivity (Wildman–Crippen MR) is 380 cm³/mol. The van der Waals surface area contributed by atoms with E-state index in [1.165, 1.54) is 23.5 Å². The van der Waals surface area contributed by atoms with Gasteiger partial charge in [-0.3, -0.25) is 9.36 Å². The SMILES string of the molecule is Clc1ccccc1-c1cc2nc(Br)ccc2[nH]1.Cn1nc(C(F)(F)F)cc1-c1ccc2[nH]c(-c3ccccc3Cl)cc2n1.Cn1nc(C(F)(F)F)cc1-c1ccc2[nH]c(-c3ccccc3Cl)cc2n1.Nc1ccc(Br)nc1Br.Nc1ccc(Br)nc1C#Cc1ccccc1Cl. The lowest BCUT2D eigenvalue weighted by Gasteiger charge is -2.00. The average Bonchev–Trinajstić information content (AvgIpc) is 1.66. The molecule has 4 aromatic carbocycles. The molecule has 0 amide bonds. The van der Waals surface area contributed by atoms with Crippen LogP contribution in [0, 0.1) is 11.8 Å². The molecule has 0 aliphatic carbocycles. The van der Waals surface area contributed by atoms with Crippen molar-refractivity contribution in [3.05, 3.63) is 249 Å². The molecule has 7 N–H and O–H groups in total. The van der Waals surface area contributed by atoms with E-state index < -0.39 is 23.7 Å². The van der Waals surface area contributed by atoms with Crippen LogP contribution in [0.4, 0.5) is 37.7 Å². The van der Waals surface area contributed by atoms with E-state index in [4.69, 9.17) is 57.9 Å². The van der Waals surface area contributed by atoms with Gasteiger partial charge in [0.1, 0.15) is 24.1 Å².